The Bertz CT molecular complexity index is 255. The summed E-state index contributed by atoms with van der Waals surface area (Å²) in [6.07, 6.45) is 1.94. The van der Waals surface area contributed by atoms with Crippen LogP contribution in [0.2, 0.25) is 0 Å². The third kappa shape index (κ3) is 3.47. The first kappa shape index (κ1) is 13.1. The third-order valence-corrected chi connectivity index (χ3v) is 1.82. The van der Waals surface area contributed by atoms with Gasteiger partial charge in [0.1, 0.15) is 0 Å². The number of hydrogen-bond acceptors (Lipinski definition) is 3. The fraction of sp³-hybridized carbons (Fsp3) is 0.444. The van der Waals surface area contributed by atoms with Crippen LogP contribution in [0, 0.1) is 0 Å². The van der Waals surface area contributed by atoms with E-state index in [0.717, 1.165) is 5.56 Å². The van der Waals surface area contributed by atoms with Crippen molar-refractivity contribution in [2.24, 2.45) is 5.73 Å². The van der Waals surface area contributed by atoms with Crippen LogP contribution in [-0.2, 0) is 0 Å². The molecule has 0 aliphatic rings. The molecule has 0 spiro atoms. The summed E-state index contributed by atoms with van der Waals surface area (Å²) < 4.78 is 16.8. The van der Waals surface area contributed by atoms with Crippen molar-refractivity contribution in [3.63, 3.8) is 0 Å². The summed E-state index contributed by atoms with van der Waals surface area (Å²) in [5.74, 6) is 0.538. The van der Waals surface area contributed by atoms with Crippen LogP contribution in [0.3, 0.4) is 0 Å². The quantitative estimate of drug-likeness (QED) is 0.843. The van der Waals surface area contributed by atoms with Crippen LogP contribution in [-0.4, -0.2) is 18.8 Å². The topological polar surface area (TPSA) is 48.1 Å². The molecular weight excluding hydrogens is 207 g/mol. The number of halogens is 2. The van der Waals surface area contributed by atoms with Crippen molar-refractivity contribution in [3.05, 3.63) is 23.9 Å². The summed E-state index contributed by atoms with van der Waals surface area (Å²) in [6, 6.07) is 3.24. The van der Waals surface area contributed by atoms with Gasteiger partial charge in [0.15, 0.2) is 0 Å². The van der Waals surface area contributed by atoms with E-state index in [9.17, 15) is 4.39 Å². The predicted molar refractivity (Wildman–Crippen MR) is 55.6 cm³/mol. The van der Waals surface area contributed by atoms with Gasteiger partial charge in [0.25, 0.3) is 0 Å². The summed E-state index contributed by atoms with van der Waals surface area (Å²) >= 11 is 0. The second-order valence-corrected chi connectivity index (χ2v) is 2.72. The van der Waals surface area contributed by atoms with E-state index in [1.54, 1.807) is 25.4 Å². The minimum Gasteiger partial charge on any atom is -0.481 e. The number of alkyl halides is 1. The van der Waals surface area contributed by atoms with E-state index in [0.29, 0.717) is 12.3 Å². The number of pyridine rings is 1. The molecule has 0 bridgehead atoms. The fourth-order valence-electron chi connectivity index (χ4n) is 1.02. The highest BCUT2D eigenvalue weighted by molar-refractivity contribution is 5.85. The van der Waals surface area contributed by atoms with Gasteiger partial charge in [-0.1, -0.05) is 6.07 Å². The maximum Gasteiger partial charge on any atom is 0.212 e. The maximum absolute atomic E-state index is 11.9. The van der Waals surface area contributed by atoms with E-state index in [1.807, 2.05) is 0 Å². The van der Waals surface area contributed by atoms with Crippen molar-refractivity contribution >= 4 is 12.4 Å². The lowest BCUT2D eigenvalue weighted by molar-refractivity contribution is 0.396. The van der Waals surface area contributed by atoms with Gasteiger partial charge in [0, 0.05) is 18.3 Å². The number of methoxy groups -OCH3 is 1. The molecule has 0 saturated carbocycles. The maximum atomic E-state index is 11.9. The van der Waals surface area contributed by atoms with Crippen LogP contribution < -0.4 is 10.5 Å². The molecule has 1 heterocycles. The molecule has 0 aliphatic carbocycles. The van der Waals surface area contributed by atoms with Gasteiger partial charge in [0.2, 0.25) is 5.88 Å². The zero-order chi connectivity index (χ0) is 9.68. The molecule has 3 nitrogen and oxygen atoms in total. The number of ether oxygens (including phenoxy) is 1. The van der Waals surface area contributed by atoms with Crippen molar-refractivity contribution < 1.29 is 9.13 Å². The Kier molecular flexibility index (Phi) is 6.16. The lowest BCUT2D eigenvalue weighted by Crippen LogP contribution is -2.11. The molecule has 0 aliphatic heterocycles. The Morgan fingerprint density at radius 3 is 2.71 bits per heavy atom. The van der Waals surface area contributed by atoms with Gasteiger partial charge in [-0.25, -0.2) is 4.98 Å². The van der Waals surface area contributed by atoms with E-state index in [2.05, 4.69) is 4.98 Å². The SMILES string of the molecule is COc1ccc([C@H](N)CCF)cn1.Cl. The molecule has 1 atom stereocenters. The molecule has 5 heteroatoms. The first-order valence-electron chi connectivity index (χ1n) is 4.09. The molecule has 14 heavy (non-hydrogen) atoms. The monoisotopic (exact) mass is 220 g/mol. The Balaban J connectivity index is 0.00000169. The van der Waals surface area contributed by atoms with Crippen LogP contribution in [0.1, 0.15) is 18.0 Å². The highest BCUT2D eigenvalue weighted by atomic mass is 35.5. The fourth-order valence-corrected chi connectivity index (χ4v) is 1.02. The van der Waals surface area contributed by atoms with Crippen LogP contribution in [0.5, 0.6) is 5.88 Å². The van der Waals surface area contributed by atoms with Gasteiger partial charge in [-0.3, -0.25) is 4.39 Å². The molecule has 2 N–H and O–H groups in total. The summed E-state index contributed by atoms with van der Waals surface area (Å²) in [5, 5.41) is 0. The van der Waals surface area contributed by atoms with Crippen LogP contribution >= 0.6 is 12.4 Å². The third-order valence-electron chi connectivity index (χ3n) is 1.82. The Morgan fingerprint density at radius 1 is 1.57 bits per heavy atom. The highest BCUT2D eigenvalue weighted by Crippen LogP contribution is 2.15. The van der Waals surface area contributed by atoms with Gasteiger partial charge >= 0.3 is 0 Å². The number of nitrogens with zero attached hydrogens (tertiary/aromatic N) is 1. The smallest absolute Gasteiger partial charge is 0.212 e. The zero-order valence-electron chi connectivity index (χ0n) is 7.94. The van der Waals surface area contributed by atoms with Gasteiger partial charge in [-0.15, -0.1) is 12.4 Å². The molecule has 0 unspecified atom stereocenters. The molecule has 0 saturated heterocycles. The normalized spacial score (nSPS) is 11.6. The van der Waals surface area contributed by atoms with Crippen molar-refractivity contribution in [3.8, 4) is 5.88 Å². The lowest BCUT2D eigenvalue weighted by Gasteiger charge is -2.09. The molecule has 80 valence electrons. The summed E-state index contributed by atoms with van der Waals surface area (Å²) in [5.41, 5.74) is 6.51. The van der Waals surface area contributed by atoms with Gasteiger partial charge < -0.3 is 10.5 Å². The largest absolute Gasteiger partial charge is 0.481 e. The summed E-state index contributed by atoms with van der Waals surface area (Å²) in [7, 11) is 1.55. The Morgan fingerprint density at radius 2 is 2.29 bits per heavy atom. The van der Waals surface area contributed by atoms with E-state index < -0.39 is 6.67 Å². The van der Waals surface area contributed by atoms with Crippen LogP contribution in [0.25, 0.3) is 0 Å². The Labute approximate surface area is 88.9 Å². The Hall–Kier alpha value is -0.870. The first-order valence-corrected chi connectivity index (χ1v) is 4.09. The van der Waals surface area contributed by atoms with Crippen molar-refractivity contribution in [1.82, 2.24) is 4.98 Å². The van der Waals surface area contributed by atoms with Gasteiger partial charge in [0.05, 0.1) is 13.8 Å². The number of nitrogens with two attached hydrogens (primary N) is 1. The van der Waals surface area contributed by atoms with E-state index in [-0.39, 0.29) is 18.4 Å². The summed E-state index contributed by atoms with van der Waals surface area (Å²) in [6.45, 7) is -0.410. The van der Waals surface area contributed by atoms with Gasteiger partial charge in [-0.2, -0.15) is 0 Å². The zero-order valence-corrected chi connectivity index (χ0v) is 8.76. The lowest BCUT2D eigenvalue weighted by atomic mass is 10.1. The highest BCUT2D eigenvalue weighted by Gasteiger charge is 2.05. The van der Waals surface area contributed by atoms with E-state index in [1.165, 1.54) is 0 Å². The average molecular weight is 221 g/mol. The number of hydrogen-bond donors (Lipinski definition) is 1. The number of aromatic nitrogens is 1. The molecule has 0 fully saturated rings. The minimum absolute atomic E-state index is 0. The second-order valence-electron chi connectivity index (χ2n) is 2.72. The molecule has 1 rings (SSSR count). The second kappa shape index (κ2) is 6.56. The van der Waals surface area contributed by atoms with Crippen molar-refractivity contribution in [2.75, 3.05) is 13.8 Å². The molecular formula is C9H14ClFN2O. The van der Waals surface area contributed by atoms with Crippen LogP contribution in [0.4, 0.5) is 4.39 Å². The van der Waals surface area contributed by atoms with E-state index >= 15 is 0 Å². The molecule has 1 aromatic rings. The summed E-state index contributed by atoms with van der Waals surface area (Å²) in [4.78, 5) is 3.98. The first-order chi connectivity index (χ1) is 6.27. The van der Waals surface area contributed by atoms with Crippen molar-refractivity contribution in [1.29, 1.82) is 0 Å². The molecule has 0 amide bonds. The number of rotatable bonds is 4. The van der Waals surface area contributed by atoms with E-state index in [4.69, 9.17) is 10.5 Å². The predicted octanol–water partition coefficient (Wildman–Crippen LogP) is 1.87. The van der Waals surface area contributed by atoms with Crippen molar-refractivity contribution in [2.45, 2.75) is 12.5 Å². The molecule has 0 aromatic carbocycles. The van der Waals surface area contributed by atoms with Gasteiger partial charge in [-0.05, 0) is 12.0 Å². The molecule has 1 aromatic heterocycles. The standard InChI is InChI=1S/C9H13FN2O.ClH/c1-13-9-3-2-7(6-12-9)8(11)4-5-10;/h2-3,6,8H,4-5,11H2,1H3;1H/t8-;/m1./s1. The minimum atomic E-state index is -0.410. The molecule has 0 radical (unpaired) electrons. The average Bonchev–Trinajstić information content (AvgIpc) is 2.18. The van der Waals surface area contributed by atoms with Crippen LogP contribution in [0.15, 0.2) is 18.3 Å².